The van der Waals surface area contributed by atoms with Gasteiger partial charge in [-0.3, -0.25) is 4.79 Å². The van der Waals surface area contributed by atoms with E-state index in [9.17, 15) is 4.79 Å². The van der Waals surface area contributed by atoms with Crippen molar-refractivity contribution in [1.29, 1.82) is 5.26 Å². The number of rotatable bonds is 3. The van der Waals surface area contributed by atoms with Crippen molar-refractivity contribution in [2.75, 3.05) is 25.0 Å². The number of likely N-dealkylation sites (tertiary alicyclic amines) is 1. The predicted molar refractivity (Wildman–Crippen MR) is 79.5 cm³/mol. The minimum atomic E-state index is -0.180. The number of benzene rings is 1. The molecule has 1 aliphatic rings. The van der Waals surface area contributed by atoms with Crippen LogP contribution in [0.25, 0.3) is 0 Å². The lowest BCUT2D eigenvalue weighted by Gasteiger charge is -2.33. The molecule has 1 heterocycles. The van der Waals surface area contributed by atoms with E-state index in [4.69, 9.17) is 5.26 Å². The first-order valence-electron chi connectivity index (χ1n) is 7.15. The Bertz CT molecular complexity index is 497. The van der Waals surface area contributed by atoms with Gasteiger partial charge in [0.05, 0.1) is 11.6 Å². The van der Waals surface area contributed by atoms with Gasteiger partial charge in [-0.15, -0.1) is 0 Å². The maximum absolute atomic E-state index is 12.5. The van der Waals surface area contributed by atoms with Crippen LogP contribution in [0.1, 0.15) is 31.7 Å². The Morgan fingerprint density at radius 1 is 1.25 bits per heavy atom. The molecule has 106 valence electrons. The van der Waals surface area contributed by atoms with E-state index in [1.807, 2.05) is 35.9 Å². The summed E-state index contributed by atoms with van der Waals surface area (Å²) in [6, 6.07) is 9.26. The first-order valence-corrected chi connectivity index (χ1v) is 7.15. The molecular formula is C16H21N3O. The molecule has 1 aromatic rings. The lowest BCUT2D eigenvalue weighted by molar-refractivity contribution is -0.133. The zero-order valence-corrected chi connectivity index (χ0v) is 12.2. The molecule has 20 heavy (non-hydrogen) atoms. The Morgan fingerprint density at radius 2 is 1.85 bits per heavy atom. The van der Waals surface area contributed by atoms with E-state index in [1.54, 1.807) is 12.1 Å². The second-order valence-corrected chi connectivity index (χ2v) is 5.33. The zero-order valence-electron chi connectivity index (χ0n) is 12.2. The number of hydrogen-bond donors (Lipinski definition) is 0. The monoisotopic (exact) mass is 271 g/mol. The summed E-state index contributed by atoms with van der Waals surface area (Å²) >= 11 is 0. The normalized spacial score (nSPS) is 16.4. The van der Waals surface area contributed by atoms with Gasteiger partial charge in [-0.1, -0.05) is 0 Å². The topological polar surface area (TPSA) is 47.3 Å². The molecule has 1 unspecified atom stereocenters. The summed E-state index contributed by atoms with van der Waals surface area (Å²) < 4.78 is 0. The van der Waals surface area contributed by atoms with Gasteiger partial charge in [-0.05, 0) is 50.5 Å². The highest BCUT2D eigenvalue weighted by atomic mass is 16.2. The molecule has 0 N–H and O–H groups in total. The van der Waals surface area contributed by atoms with E-state index < -0.39 is 0 Å². The van der Waals surface area contributed by atoms with Gasteiger partial charge in [0.25, 0.3) is 0 Å². The van der Waals surface area contributed by atoms with Gasteiger partial charge in [-0.2, -0.15) is 5.26 Å². The lowest BCUT2D eigenvalue weighted by atomic mass is 10.1. The first-order chi connectivity index (χ1) is 9.63. The van der Waals surface area contributed by atoms with Gasteiger partial charge in [0, 0.05) is 25.8 Å². The Morgan fingerprint density at radius 3 is 2.40 bits per heavy atom. The highest BCUT2D eigenvalue weighted by Crippen LogP contribution is 2.18. The number of carbonyl (C=O) groups is 1. The van der Waals surface area contributed by atoms with Gasteiger partial charge >= 0.3 is 0 Å². The van der Waals surface area contributed by atoms with Crippen molar-refractivity contribution in [1.82, 2.24) is 4.90 Å². The molecule has 0 bridgehead atoms. The molecule has 1 amide bonds. The minimum Gasteiger partial charge on any atom is -0.363 e. The Hall–Kier alpha value is -2.02. The number of piperidine rings is 1. The summed E-state index contributed by atoms with van der Waals surface area (Å²) in [7, 11) is 1.92. The average molecular weight is 271 g/mol. The largest absolute Gasteiger partial charge is 0.363 e. The maximum Gasteiger partial charge on any atom is 0.244 e. The smallest absolute Gasteiger partial charge is 0.244 e. The molecule has 2 rings (SSSR count). The van der Waals surface area contributed by atoms with Crippen LogP contribution in [-0.2, 0) is 4.79 Å². The fourth-order valence-corrected chi connectivity index (χ4v) is 2.54. The highest BCUT2D eigenvalue weighted by molar-refractivity contribution is 5.85. The van der Waals surface area contributed by atoms with Crippen molar-refractivity contribution in [3.63, 3.8) is 0 Å². The molecule has 1 saturated heterocycles. The van der Waals surface area contributed by atoms with Crippen LogP contribution >= 0.6 is 0 Å². The number of hydrogen-bond acceptors (Lipinski definition) is 3. The third-order valence-electron chi connectivity index (χ3n) is 4.01. The van der Waals surface area contributed by atoms with Crippen LogP contribution in [0.3, 0.4) is 0 Å². The van der Waals surface area contributed by atoms with Crippen LogP contribution in [0.15, 0.2) is 24.3 Å². The first kappa shape index (κ1) is 14.4. The van der Waals surface area contributed by atoms with Crippen LogP contribution in [0.5, 0.6) is 0 Å². The third kappa shape index (κ3) is 3.11. The number of carbonyl (C=O) groups excluding carboxylic acids is 1. The number of likely N-dealkylation sites (N-methyl/N-ethyl adjacent to an activating group) is 1. The molecule has 4 heteroatoms. The van der Waals surface area contributed by atoms with Gasteiger partial charge < -0.3 is 9.80 Å². The molecular weight excluding hydrogens is 250 g/mol. The zero-order chi connectivity index (χ0) is 14.5. The molecule has 0 radical (unpaired) electrons. The van der Waals surface area contributed by atoms with Gasteiger partial charge in [0.1, 0.15) is 6.04 Å². The number of nitriles is 1. The molecule has 0 saturated carbocycles. The van der Waals surface area contributed by atoms with E-state index in [2.05, 4.69) is 6.07 Å². The summed E-state index contributed by atoms with van der Waals surface area (Å²) in [5.41, 5.74) is 1.60. The number of amides is 1. The molecule has 4 nitrogen and oxygen atoms in total. The standard InChI is InChI=1S/C16H21N3O/c1-13(16(20)19-10-4-3-5-11-19)18(2)15-8-6-14(12-17)7-9-15/h6-9,13H,3-5,10-11H2,1-2H3. The van der Waals surface area contributed by atoms with Crippen molar-refractivity contribution in [2.24, 2.45) is 0 Å². The Kier molecular flexibility index (Phi) is 4.62. The van der Waals surface area contributed by atoms with Crippen molar-refractivity contribution in [3.05, 3.63) is 29.8 Å². The molecule has 1 aliphatic heterocycles. The summed E-state index contributed by atoms with van der Waals surface area (Å²) in [5.74, 6) is 0.191. The lowest BCUT2D eigenvalue weighted by Crippen LogP contribution is -2.47. The predicted octanol–water partition coefficient (Wildman–Crippen LogP) is 2.40. The van der Waals surface area contributed by atoms with Gasteiger partial charge in [0.15, 0.2) is 0 Å². The minimum absolute atomic E-state index is 0.180. The molecule has 1 aromatic carbocycles. The van der Waals surface area contributed by atoms with Crippen LogP contribution in [-0.4, -0.2) is 37.0 Å². The van der Waals surface area contributed by atoms with Crippen molar-refractivity contribution >= 4 is 11.6 Å². The van der Waals surface area contributed by atoms with Crippen LogP contribution in [0, 0.1) is 11.3 Å². The summed E-state index contributed by atoms with van der Waals surface area (Å²) in [4.78, 5) is 16.4. The maximum atomic E-state index is 12.5. The van der Waals surface area contributed by atoms with E-state index in [0.29, 0.717) is 5.56 Å². The number of nitrogens with zero attached hydrogens (tertiary/aromatic N) is 3. The molecule has 0 aromatic heterocycles. The second kappa shape index (κ2) is 6.42. The summed E-state index contributed by atoms with van der Waals surface area (Å²) in [5, 5.41) is 8.81. The highest BCUT2D eigenvalue weighted by Gasteiger charge is 2.25. The fraction of sp³-hybridized carbons (Fsp3) is 0.500. The van der Waals surface area contributed by atoms with Gasteiger partial charge in [0.2, 0.25) is 5.91 Å². The van der Waals surface area contributed by atoms with E-state index in [-0.39, 0.29) is 11.9 Å². The second-order valence-electron chi connectivity index (χ2n) is 5.33. The SMILES string of the molecule is CC(C(=O)N1CCCCC1)N(C)c1ccc(C#N)cc1. The van der Waals surface area contributed by atoms with Crippen molar-refractivity contribution < 1.29 is 4.79 Å². The van der Waals surface area contributed by atoms with Crippen LogP contribution < -0.4 is 4.90 Å². The Labute approximate surface area is 120 Å². The summed E-state index contributed by atoms with van der Waals surface area (Å²) in [6.07, 6.45) is 3.45. The molecule has 0 spiro atoms. The number of anilines is 1. The fourth-order valence-electron chi connectivity index (χ4n) is 2.54. The van der Waals surface area contributed by atoms with E-state index in [1.165, 1.54) is 6.42 Å². The average Bonchev–Trinajstić information content (AvgIpc) is 2.53. The quantitative estimate of drug-likeness (QED) is 0.848. The molecule has 0 aliphatic carbocycles. The molecule has 1 fully saturated rings. The van der Waals surface area contributed by atoms with Crippen LogP contribution in [0.2, 0.25) is 0 Å². The Balaban J connectivity index is 2.04. The van der Waals surface area contributed by atoms with Gasteiger partial charge in [-0.25, -0.2) is 0 Å². The van der Waals surface area contributed by atoms with Crippen molar-refractivity contribution in [3.8, 4) is 6.07 Å². The molecule has 1 atom stereocenters. The van der Waals surface area contributed by atoms with Crippen molar-refractivity contribution in [2.45, 2.75) is 32.2 Å². The third-order valence-corrected chi connectivity index (χ3v) is 4.01. The summed E-state index contributed by atoms with van der Waals surface area (Å²) in [6.45, 7) is 3.70. The van der Waals surface area contributed by atoms with E-state index in [0.717, 1.165) is 31.6 Å². The van der Waals surface area contributed by atoms with E-state index >= 15 is 0 Å². The van der Waals surface area contributed by atoms with Crippen LogP contribution in [0.4, 0.5) is 5.69 Å².